The van der Waals surface area contributed by atoms with Gasteiger partial charge in [-0.2, -0.15) is 0 Å². The van der Waals surface area contributed by atoms with E-state index in [1.807, 2.05) is 48.5 Å². The number of likely N-dealkylation sites (N-methyl/N-ethyl adjacent to an activating group) is 1. The molecule has 2 aromatic heterocycles. The standard InChI is InChI=1S/C25H24N4O/c1-29(18-19-8-3-2-4-9-19)15-14-27-25(30)22-16-24(20-10-7-13-26-17-20)28-23-12-6-5-11-21(22)23/h2-13,16-17H,14-15,18H2,1H3,(H,27,30)/p+1. The minimum atomic E-state index is -0.0775. The number of rotatable bonds is 7. The smallest absolute Gasteiger partial charge is 0.252 e. The van der Waals surface area contributed by atoms with E-state index < -0.39 is 0 Å². The number of carbonyl (C=O) groups is 1. The maximum absolute atomic E-state index is 13.0. The third kappa shape index (κ3) is 4.70. The molecule has 0 spiro atoms. The summed E-state index contributed by atoms with van der Waals surface area (Å²) in [6, 6.07) is 23.8. The van der Waals surface area contributed by atoms with Gasteiger partial charge in [0.05, 0.1) is 36.9 Å². The maximum atomic E-state index is 13.0. The lowest BCUT2D eigenvalue weighted by Crippen LogP contribution is -3.08. The largest absolute Gasteiger partial charge is 0.346 e. The number of hydrogen-bond acceptors (Lipinski definition) is 3. The van der Waals surface area contributed by atoms with Crippen LogP contribution in [0.1, 0.15) is 15.9 Å². The summed E-state index contributed by atoms with van der Waals surface area (Å²) in [6.07, 6.45) is 3.49. The first-order chi connectivity index (χ1) is 14.7. The van der Waals surface area contributed by atoms with Crippen molar-refractivity contribution < 1.29 is 9.69 Å². The van der Waals surface area contributed by atoms with Gasteiger partial charge in [0.15, 0.2) is 0 Å². The SMILES string of the molecule is C[NH+](CCNC(=O)c1cc(-c2cccnc2)nc2ccccc12)Cc1ccccc1. The van der Waals surface area contributed by atoms with Gasteiger partial charge in [-0.15, -0.1) is 0 Å². The molecular weight excluding hydrogens is 372 g/mol. The van der Waals surface area contributed by atoms with Gasteiger partial charge in [0, 0.05) is 28.9 Å². The summed E-state index contributed by atoms with van der Waals surface area (Å²) in [5, 5.41) is 3.94. The molecule has 0 saturated carbocycles. The molecule has 4 rings (SSSR count). The van der Waals surface area contributed by atoms with Crippen molar-refractivity contribution in [2.75, 3.05) is 20.1 Å². The van der Waals surface area contributed by atoms with Gasteiger partial charge in [-0.05, 0) is 24.3 Å². The number of carbonyl (C=O) groups excluding carboxylic acids is 1. The van der Waals surface area contributed by atoms with E-state index in [1.54, 1.807) is 12.4 Å². The van der Waals surface area contributed by atoms with Gasteiger partial charge in [0.25, 0.3) is 5.91 Å². The highest BCUT2D eigenvalue weighted by Crippen LogP contribution is 2.24. The van der Waals surface area contributed by atoms with Gasteiger partial charge in [-0.3, -0.25) is 9.78 Å². The first-order valence-corrected chi connectivity index (χ1v) is 10.1. The summed E-state index contributed by atoms with van der Waals surface area (Å²) in [6.45, 7) is 2.38. The Labute approximate surface area is 176 Å². The van der Waals surface area contributed by atoms with Crippen LogP contribution in [0.25, 0.3) is 22.2 Å². The molecule has 4 aromatic rings. The Bertz CT molecular complexity index is 1130. The summed E-state index contributed by atoms with van der Waals surface area (Å²) in [4.78, 5) is 23.3. The van der Waals surface area contributed by atoms with Crippen molar-refractivity contribution in [2.45, 2.75) is 6.54 Å². The van der Waals surface area contributed by atoms with Crippen LogP contribution in [0.5, 0.6) is 0 Å². The molecule has 0 bridgehead atoms. The number of benzene rings is 2. The van der Waals surface area contributed by atoms with Crippen LogP contribution in [0.3, 0.4) is 0 Å². The number of amides is 1. The van der Waals surface area contributed by atoms with Crippen molar-refractivity contribution in [2.24, 2.45) is 0 Å². The quantitative estimate of drug-likeness (QED) is 0.504. The third-order valence-electron chi connectivity index (χ3n) is 5.10. The molecule has 1 amide bonds. The molecule has 5 heteroatoms. The monoisotopic (exact) mass is 397 g/mol. The molecule has 0 saturated heterocycles. The molecule has 1 unspecified atom stereocenters. The topological polar surface area (TPSA) is 59.3 Å². The van der Waals surface area contributed by atoms with E-state index in [4.69, 9.17) is 4.98 Å². The van der Waals surface area contributed by atoms with Gasteiger partial charge < -0.3 is 10.2 Å². The van der Waals surface area contributed by atoms with Crippen molar-refractivity contribution in [3.8, 4) is 11.3 Å². The van der Waals surface area contributed by atoms with Gasteiger partial charge in [-0.1, -0.05) is 48.5 Å². The highest BCUT2D eigenvalue weighted by Gasteiger charge is 2.14. The van der Waals surface area contributed by atoms with Crippen molar-refractivity contribution in [1.29, 1.82) is 0 Å². The van der Waals surface area contributed by atoms with Crippen molar-refractivity contribution >= 4 is 16.8 Å². The van der Waals surface area contributed by atoms with E-state index >= 15 is 0 Å². The molecule has 2 aromatic carbocycles. The van der Waals surface area contributed by atoms with E-state index in [1.165, 1.54) is 10.5 Å². The van der Waals surface area contributed by atoms with Gasteiger partial charge in [-0.25, -0.2) is 4.98 Å². The fourth-order valence-corrected chi connectivity index (χ4v) is 3.54. The Morgan fingerprint density at radius 2 is 1.80 bits per heavy atom. The molecule has 0 aliphatic rings. The van der Waals surface area contributed by atoms with E-state index in [0.717, 1.165) is 35.2 Å². The second-order valence-electron chi connectivity index (χ2n) is 7.44. The van der Waals surface area contributed by atoms with Crippen LogP contribution in [0.15, 0.2) is 85.2 Å². The highest BCUT2D eigenvalue weighted by atomic mass is 16.1. The average molecular weight is 398 g/mol. The zero-order valence-corrected chi connectivity index (χ0v) is 17.0. The summed E-state index contributed by atoms with van der Waals surface area (Å²) in [5.74, 6) is -0.0775. The molecule has 5 nitrogen and oxygen atoms in total. The van der Waals surface area contributed by atoms with Crippen LogP contribution in [0.2, 0.25) is 0 Å². The fraction of sp³-hybridized carbons (Fsp3) is 0.160. The predicted octanol–water partition coefficient (Wildman–Crippen LogP) is 2.74. The van der Waals surface area contributed by atoms with Crippen molar-refractivity contribution in [3.05, 3.63) is 96.3 Å². The summed E-state index contributed by atoms with van der Waals surface area (Å²) in [5.41, 5.74) is 4.38. The van der Waals surface area contributed by atoms with Crippen molar-refractivity contribution in [3.63, 3.8) is 0 Å². The van der Waals surface area contributed by atoms with E-state index in [9.17, 15) is 4.79 Å². The Balaban J connectivity index is 1.48. The molecule has 30 heavy (non-hydrogen) atoms. The number of quaternary nitrogens is 1. The zero-order valence-electron chi connectivity index (χ0n) is 17.0. The first kappa shape index (κ1) is 19.7. The van der Waals surface area contributed by atoms with Crippen LogP contribution >= 0.6 is 0 Å². The lowest BCUT2D eigenvalue weighted by atomic mass is 10.0. The normalized spacial score (nSPS) is 11.9. The Morgan fingerprint density at radius 1 is 1.00 bits per heavy atom. The molecule has 0 aliphatic heterocycles. The van der Waals surface area contributed by atoms with Crippen LogP contribution in [-0.2, 0) is 6.54 Å². The highest BCUT2D eigenvalue weighted by molar-refractivity contribution is 6.07. The Morgan fingerprint density at radius 3 is 2.60 bits per heavy atom. The molecule has 150 valence electrons. The third-order valence-corrected chi connectivity index (χ3v) is 5.10. The van der Waals surface area contributed by atoms with Crippen LogP contribution in [0.4, 0.5) is 0 Å². The molecule has 0 aliphatic carbocycles. The molecule has 1 atom stereocenters. The molecule has 0 radical (unpaired) electrons. The van der Waals surface area contributed by atoms with E-state index in [2.05, 4.69) is 41.6 Å². The zero-order chi connectivity index (χ0) is 20.8. The second kappa shape index (κ2) is 9.29. The van der Waals surface area contributed by atoms with Gasteiger partial charge in [0.2, 0.25) is 0 Å². The van der Waals surface area contributed by atoms with E-state index in [-0.39, 0.29) is 5.91 Å². The van der Waals surface area contributed by atoms with Gasteiger partial charge in [0.1, 0.15) is 6.54 Å². The number of aromatic nitrogens is 2. The van der Waals surface area contributed by atoms with Crippen LogP contribution in [0, 0.1) is 0 Å². The second-order valence-corrected chi connectivity index (χ2v) is 7.44. The number of fused-ring (bicyclic) bond motifs is 1. The molecular formula is C25H25N4O+. The lowest BCUT2D eigenvalue weighted by Gasteiger charge is -2.15. The van der Waals surface area contributed by atoms with Crippen LogP contribution in [-0.4, -0.2) is 36.0 Å². The number of hydrogen-bond donors (Lipinski definition) is 2. The Hall–Kier alpha value is -3.57. The predicted molar refractivity (Wildman–Crippen MR) is 119 cm³/mol. The van der Waals surface area contributed by atoms with Gasteiger partial charge >= 0.3 is 0 Å². The maximum Gasteiger partial charge on any atom is 0.252 e. The number of nitrogens with zero attached hydrogens (tertiary/aromatic N) is 2. The number of nitrogens with one attached hydrogen (secondary N) is 2. The number of para-hydroxylation sites is 1. The fourth-order valence-electron chi connectivity index (χ4n) is 3.54. The van der Waals surface area contributed by atoms with Crippen molar-refractivity contribution in [1.82, 2.24) is 15.3 Å². The summed E-state index contributed by atoms with van der Waals surface area (Å²) >= 11 is 0. The summed E-state index contributed by atoms with van der Waals surface area (Å²) in [7, 11) is 2.14. The summed E-state index contributed by atoms with van der Waals surface area (Å²) < 4.78 is 0. The molecule has 0 fully saturated rings. The Kier molecular flexibility index (Phi) is 6.11. The lowest BCUT2D eigenvalue weighted by molar-refractivity contribution is -0.892. The van der Waals surface area contributed by atoms with Crippen LogP contribution < -0.4 is 10.2 Å². The minimum Gasteiger partial charge on any atom is -0.346 e. The average Bonchev–Trinajstić information content (AvgIpc) is 2.79. The van der Waals surface area contributed by atoms with E-state index in [0.29, 0.717) is 12.1 Å². The minimum absolute atomic E-state index is 0.0775. The molecule has 2 N–H and O–H groups in total. The first-order valence-electron chi connectivity index (χ1n) is 10.1. The number of pyridine rings is 2. The molecule has 2 heterocycles.